The topological polar surface area (TPSA) is 101 Å². The van der Waals surface area contributed by atoms with Crippen molar-refractivity contribution in [2.24, 2.45) is 5.10 Å². The van der Waals surface area contributed by atoms with Crippen LogP contribution in [0.3, 0.4) is 0 Å². The number of rotatable bonds is 5. The molecule has 2 heterocycles. The summed E-state index contributed by atoms with van der Waals surface area (Å²) in [4.78, 5) is 23.3. The zero-order valence-electron chi connectivity index (χ0n) is 10.2. The van der Waals surface area contributed by atoms with Crippen LogP contribution in [-0.2, 0) is 4.79 Å². The molecule has 1 fully saturated rings. The van der Waals surface area contributed by atoms with Crippen LogP contribution in [0.2, 0.25) is 0 Å². The van der Waals surface area contributed by atoms with Crippen molar-refractivity contribution in [1.29, 1.82) is 0 Å². The first-order valence-electron chi connectivity index (χ1n) is 5.93. The highest BCUT2D eigenvalue weighted by atomic mass is 16.6. The van der Waals surface area contributed by atoms with Gasteiger partial charge in [0.25, 0.3) is 5.91 Å². The smallest absolute Gasteiger partial charge is 0.400 e. The summed E-state index contributed by atoms with van der Waals surface area (Å²) in [6.07, 6.45) is 3.47. The molecule has 1 aliphatic heterocycles. The van der Waals surface area contributed by atoms with Gasteiger partial charge in [-0.3, -0.25) is 19.8 Å². The molecule has 0 radical (unpaired) electrons. The minimum Gasteiger partial charge on any atom is -0.400 e. The lowest BCUT2D eigenvalue weighted by Crippen LogP contribution is -2.33. The van der Waals surface area contributed by atoms with Gasteiger partial charge in [-0.05, 0) is 32.0 Å². The van der Waals surface area contributed by atoms with Gasteiger partial charge in [-0.1, -0.05) is 0 Å². The SMILES string of the molecule is O=C(CN1CCCC1)N/N=C/c1ccc([N+](=O)[O-])o1. The number of carbonyl (C=O) groups excluding carboxylic acids is 1. The second-order valence-electron chi connectivity index (χ2n) is 4.21. The van der Waals surface area contributed by atoms with Crippen molar-refractivity contribution < 1.29 is 14.1 Å². The van der Waals surface area contributed by atoms with E-state index in [0.29, 0.717) is 6.54 Å². The maximum atomic E-state index is 11.5. The van der Waals surface area contributed by atoms with E-state index >= 15 is 0 Å². The number of nitro groups is 1. The Morgan fingerprint density at radius 3 is 2.89 bits per heavy atom. The van der Waals surface area contributed by atoms with Crippen LogP contribution < -0.4 is 5.43 Å². The van der Waals surface area contributed by atoms with E-state index < -0.39 is 4.92 Å². The molecule has 19 heavy (non-hydrogen) atoms. The number of nitrogens with zero attached hydrogens (tertiary/aromatic N) is 3. The van der Waals surface area contributed by atoms with E-state index in [9.17, 15) is 14.9 Å². The lowest BCUT2D eigenvalue weighted by Gasteiger charge is -2.11. The molecule has 0 spiro atoms. The van der Waals surface area contributed by atoms with Gasteiger partial charge >= 0.3 is 5.88 Å². The predicted octanol–water partition coefficient (Wildman–Crippen LogP) is 0.734. The highest BCUT2D eigenvalue weighted by Gasteiger charge is 2.14. The molecule has 1 amide bonds. The Bertz CT molecular complexity index is 491. The largest absolute Gasteiger partial charge is 0.433 e. The summed E-state index contributed by atoms with van der Waals surface area (Å²) in [6, 6.07) is 2.64. The van der Waals surface area contributed by atoms with E-state index in [1.165, 1.54) is 18.3 Å². The van der Waals surface area contributed by atoms with Gasteiger partial charge in [-0.2, -0.15) is 5.10 Å². The van der Waals surface area contributed by atoms with Crippen molar-refractivity contribution in [3.8, 4) is 0 Å². The van der Waals surface area contributed by atoms with Crippen LogP contribution in [0.25, 0.3) is 0 Å². The highest BCUT2D eigenvalue weighted by molar-refractivity contribution is 5.81. The molecule has 0 saturated carbocycles. The monoisotopic (exact) mass is 266 g/mol. The molecule has 1 aliphatic rings. The van der Waals surface area contributed by atoms with Crippen molar-refractivity contribution in [3.63, 3.8) is 0 Å². The van der Waals surface area contributed by atoms with Gasteiger partial charge in [-0.15, -0.1) is 0 Å². The molecular weight excluding hydrogens is 252 g/mol. The summed E-state index contributed by atoms with van der Waals surface area (Å²) >= 11 is 0. The molecule has 0 bridgehead atoms. The fraction of sp³-hybridized carbons (Fsp3) is 0.455. The quantitative estimate of drug-likeness (QED) is 0.481. The molecule has 1 N–H and O–H groups in total. The number of nitrogens with one attached hydrogen (secondary N) is 1. The summed E-state index contributed by atoms with van der Waals surface area (Å²) in [5.41, 5.74) is 2.36. The van der Waals surface area contributed by atoms with Gasteiger partial charge < -0.3 is 4.42 Å². The van der Waals surface area contributed by atoms with Crippen molar-refractivity contribution >= 4 is 18.0 Å². The lowest BCUT2D eigenvalue weighted by atomic mass is 10.4. The van der Waals surface area contributed by atoms with Crippen molar-refractivity contribution in [3.05, 3.63) is 28.0 Å². The van der Waals surface area contributed by atoms with Crippen molar-refractivity contribution in [1.82, 2.24) is 10.3 Å². The van der Waals surface area contributed by atoms with Crippen LogP contribution in [-0.4, -0.2) is 41.6 Å². The first kappa shape index (κ1) is 13.2. The standard InChI is InChI=1S/C11H14N4O4/c16-10(8-14-5-1-2-6-14)13-12-7-9-3-4-11(19-9)15(17)18/h3-4,7H,1-2,5-6,8H2,(H,13,16)/b12-7+. The zero-order chi connectivity index (χ0) is 13.7. The number of hydrogen-bond donors (Lipinski definition) is 1. The summed E-state index contributed by atoms with van der Waals surface area (Å²) in [6.45, 7) is 2.18. The number of carbonyl (C=O) groups is 1. The number of likely N-dealkylation sites (tertiary alicyclic amines) is 1. The van der Waals surface area contributed by atoms with Crippen LogP contribution >= 0.6 is 0 Å². The molecular formula is C11H14N4O4. The maximum Gasteiger partial charge on any atom is 0.433 e. The normalized spacial score (nSPS) is 16.0. The summed E-state index contributed by atoms with van der Waals surface area (Å²) in [5, 5.41) is 14.1. The van der Waals surface area contributed by atoms with Gasteiger partial charge in [-0.25, -0.2) is 5.43 Å². The third-order valence-electron chi connectivity index (χ3n) is 2.74. The van der Waals surface area contributed by atoms with Gasteiger partial charge in [0.1, 0.15) is 4.92 Å². The Morgan fingerprint density at radius 1 is 1.53 bits per heavy atom. The second-order valence-corrected chi connectivity index (χ2v) is 4.21. The Morgan fingerprint density at radius 2 is 2.26 bits per heavy atom. The van der Waals surface area contributed by atoms with E-state index in [1.54, 1.807) is 0 Å². The Labute approximate surface area is 109 Å². The minimum atomic E-state index is -0.636. The fourth-order valence-corrected chi connectivity index (χ4v) is 1.86. The average Bonchev–Trinajstić information content (AvgIpc) is 3.00. The van der Waals surface area contributed by atoms with Crippen molar-refractivity contribution in [2.75, 3.05) is 19.6 Å². The summed E-state index contributed by atoms with van der Waals surface area (Å²) in [5.74, 6) is -0.350. The van der Waals surface area contributed by atoms with Crippen molar-refractivity contribution in [2.45, 2.75) is 12.8 Å². The fourth-order valence-electron chi connectivity index (χ4n) is 1.86. The molecule has 1 aromatic rings. The van der Waals surface area contributed by atoms with Crippen LogP contribution in [0.5, 0.6) is 0 Å². The molecule has 8 heteroatoms. The minimum absolute atomic E-state index is 0.209. The molecule has 0 unspecified atom stereocenters. The molecule has 0 atom stereocenters. The Hall–Kier alpha value is -2.22. The van der Waals surface area contributed by atoms with Gasteiger partial charge in [0.2, 0.25) is 0 Å². The van der Waals surface area contributed by atoms with Crippen LogP contribution in [0.1, 0.15) is 18.6 Å². The van der Waals surface area contributed by atoms with E-state index in [4.69, 9.17) is 4.42 Å². The molecule has 0 aromatic carbocycles. The van der Waals surface area contributed by atoms with Gasteiger partial charge in [0.15, 0.2) is 5.76 Å². The third kappa shape index (κ3) is 3.88. The van der Waals surface area contributed by atoms with Crippen LogP contribution in [0.15, 0.2) is 21.7 Å². The third-order valence-corrected chi connectivity index (χ3v) is 2.74. The number of amides is 1. The summed E-state index contributed by atoms with van der Waals surface area (Å²) in [7, 11) is 0. The second kappa shape index (κ2) is 6.10. The molecule has 1 aromatic heterocycles. The first-order valence-corrected chi connectivity index (χ1v) is 5.93. The van der Waals surface area contributed by atoms with E-state index in [0.717, 1.165) is 25.9 Å². The molecule has 102 valence electrons. The first-order chi connectivity index (χ1) is 9.15. The molecule has 2 rings (SSSR count). The molecule has 1 saturated heterocycles. The average molecular weight is 266 g/mol. The lowest BCUT2D eigenvalue weighted by molar-refractivity contribution is -0.402. The van der Waals surface area contributed by atoms with E-state index in [1.807, 2.05) is 4.90 Å². The maximum absolute atomic E-state index is 11.5. The Kier molecular flexibility index (Phi) is 4.24. The zero-order valence-corrected chi connectivity index (χ0v) is 10.2. The Balaban J connectivity index is 1.78. The number of furan rings is 1. The van der Waals surface area contributed by atoms with Gasteiger partial charge in [0, 0.05) is 0 Å². The van der Waals surface area contributed by atoms with Crippen LogP contribution in [0, 0.1) is 10.1 Å². The molecule has 8 nitrogen and oxygen atoms in total. The number of hydrogen-bond acceptors (Lipinski definition) is 6. The number of hydrazone groups is 1. The predicted molar refractivity (Wildman–Crippen MR) is 66.8 cm³/mol. The van der Waals surface area contributed by atoms with Crippen LogP contribution in [0.4, 0.5) is 5.88 Å². The van der Waals surface area contributed by atoms with Gasteiger partial charge in [0.05, 0.1) is 18.8 Å². The highest BCUT2D eigenvalue weighted by Crippen LogP contribution is 2.13. The van der Waals surface area contributed by atoms with E-state index in [2.05, 4.69) is 10.5 Å². The van der Waals surface area contributed by atoms with E-state index in [-0.39, 0.29) is 17.6 Å². The molecule has 0 aliphatic carbocycles. The summed E-state index contributed by atoms with van der Waals surface area (Å²) < 4.78 is 4.85.